The molecule has 0 unspecified atom stereocenters. The lowest BCUT2D eigenvalue weighted by Crippen LogP contribution is -2.23. The lowest BCUT2D eigenvalue weighted by Gasteiger charge is -2.10. The highest BCUT2D eigenvalue weighted by Crippen LogP contribution is 2.27. The van der Waals surface area contributed by atoms with E-state index in [1.807, 2.05) is 0 Å². The van der Waals surface area contributed by atoms with Gasteiger partial charge in [0.25, 0.3) is 0 Å². The number of ether oxygens (including phenoxy) is 2. The van der Waals surface area contributed by atoms with Crippen LogP contribution < -0.4 is 9.46 Å². The molecule has 1 N–H and O–H groups in total. The van der Waals surface area contributed by atoms with Crippen LogP contribution in [0, 0.1) is 0 Å². The van der Waals surface area contributed by atoms with Crippen molar-refractivity contribution in [2.24, 2.45) is 0 Å². The summed E-state index contributed by atoms with van der Waals surface area (Å²) in [6.45, 7) is 1.79. The SMILES string of the molecule is CCOC(=O)c1ccc(CNS(=O)(=O)c2cc(Br)ccc2OC)o1. The third kappa shape index (κ3) is 4.37. The van der Waals surface area contributed by atoms with Crippen molar-refractivity contribution >= 4 is 31.9 Å². The van der Waals surface area contributed by atoms with E-state index in [-0.39, 0.29) is 35.3 Å². The summed E-state index contributed by atoms with van der Waals surface area (Å²) in [6.07, 6.45) is 0. The Hall–Kier alpha value is -1.84. The van der Waals surface area contributed by atoms with E-state index in [1.54, 1.807) is 19.1 Å². The van der Waals surface area contributed by atoms with Gasteiger partial charge in [0.05, 0.1) is 20.3 Å². The second-order valence-corrected chi connectivity index (χ2v) is 7.26. The Labute approximate surface area is 148 Å². The van der Waals surface area contributed by atoms with Crippen LogP contribution in [0.3, 0.4) is 0 Å². The Kier molecular flexibility index (Phi) is 6.03. The number of halogens is 1. The average molecular weight is 418 g/mol. The van der Waals surface area contributed by atoms with Gasteiger partial charge < -0.3 is 13.9 Å². The standard InChI is InChI=1S/C15H16BrNO6S/c1-3-22-15(18)13-7-5-11(23-13)9-17-24(19,20)14-8-10(16)4-6-12(14)21-2/h4-8,17H,3,9H2,1-2H3. The molecule has 0 bridgehead atoms. The van der Waals surface area contributed by atoms with Gasteiger partial charge in [-0.1, -0.05) is 15.9 Å². The minimum atomic E-state index is -3.83. The van der Waals surface area contributed by atoms with Crippen molar-refractivity contribution in [3.63, 3.8) is 0 Å². The van der Waals surface area contributed by atoms with Crippen LogP contribution in [0.1, 0.15) is 23.2 Å². The van der Waals surface area contributed by atoms with E-state index in [9.17, 15) is 13.2 Å². The zero-order chi connectivity index (χ0) is 17.7. The second kappa shape index (κ2) is 7.82. The number of hydrogen-bond acceptors (Lipinski definition) is 6. The number of benzene rings is 1. The molecule has 0 saturated carbocycles. The predicted molar refractivity (Wildman–Crippen MR) is 89.4 cm³/mol. The highest BCUT2D eigenvalue weighted by Gasteiger charge is 2.21. The second-order valence-electron chi connectivity index (χ2n) is 4.61. The Morgan fingerprint density at radius 3 is 2.71 bits per heavy atom. The first-order valence-electron chi connectivity index (χ1n) is 6.96. The summed E-state index contributed by atoms with van der Waals surface area (Å²) in [4.78, 5) is 11.5. The first-order chi connectivity index (χ1) is 11.4. The molecule has 0 fully saturated rings. The summed E-state index contributed by atoms with van der Waals surface area (Å²) in [5.41, 5.74) is 0. The average Bonchev–Trinajstić information content (AvgIpc) is 3.02. The number of nitrogens with one attached hydrogen (secondary N) is 1. The van der Waals surface area contributed by atoms with Crippen LogP contribution in [0.25, 0.3) is 0 Å². The van der Waals surface area contributed by atoms with Gasteiger partial charge in [-0.2, -0.15) is 0 Å². The molecule has 2 aromatic rings. The van der Waals surface area contributed by atoms with Crippen LogP contribution in [-0.4, -0.2) is 28.1 Å². The maximum absolute atomic E-state index is 12.4. The Morgan fingerprint density at radius 1 is 1.29 bits per heavy atom. The molecule has 0 aliphatic rings. The molecule has 0 atom stereocenters. The van der Waals surface area contributed by atoms with Gasteiger partial charge in [-0.3, -0.25) is 0 Å². The number of esters is 1. The fraction of sp³-hybridized carbons (Fsp3) is 0.267. The van der Waals surface area contributed by atoms with Crippen molar-refractivity contribution in [1.29, 1.82) is 0 Å². The summed E-state index contributed by atoms with van der Waals surface area (Å²) in [5.74, 6) is -0.0701. The Balaban J connectivity index is 2.14. The maximum atomic E-state index is 12.4. The molecule has 1 heterocycles. The monoisotopic (exact) mass is 417 g/mol. The maximum Gasteiger partial charge on any atom is 0.374 e. The fourth-order valence-corrected chi connectivity index (χ4v) is 3.59. The lowest BCUT2D eigenvalue weighted by molar-refractivity contribution is 0.0488. The smallest absolute Gasteiger partial charge is 0.374 e. The van der Waals surface area contributed by atoms with E-state index < -0.39 is 16.0 Å². The number of carbonyl (C=O) groups excluding carboxylic acids is 1. The van der Waals surface area contributed by atoms with Crippen molar-refractivity contribution in [2.75, 3.05) is 13.7 Å². The first-order valence-corrected chi connectivity index (χ1v) is 9.24. The van der Waals surface area contributed by atoms with E-state index in [0.717, 1.165) is 0 Å². The van der Waals surface area contributed by atoms with Crippen LogP contribution in [-0.2, 0) is 21.3 Å². The molecule has 0 amide bonds. The van der Waals surface area contributed by atoms with Gasteiger partial charge in [-0.25, -0.2) is 17.9 Å². The molecule has 0 saturated heterocycles. The third-order valence-corrected chi connectivity index (χ3v) is 4.91. The summed E-state index contributed by atoms with van der Waals surface area (Å²) in [6, 6.07) is 7.60. The molecule has 0 radical (unpaired) electrons. The number of hydrogen-bond donors (Lipinski definition) is 1. The molecule has 24 heavy (non-hydrogen) atoms. The van der Waals surface area contributed by atoms with Crippen LogP contribution in [0.4, 0.5) is 0 Å². The zero-order valence-electron chi connectivity index (χ0n) is 13.0. The number of methoxy groups -OCH3 is 1. The number of furan rings is 1. The van der Waals surface area contributed by atoms with Gasteiger partial charge in [-0.15, -0.1) is 0 Å². The zero-order valence-corrected chi connectivity index (χ0v) is 15.4. The molecule has 0 aliphatic heterocycles. The minimum absolute atomic E-state index is 0.00320. The summed E-state index contributed by atoms with van der Waals surface area (Å²) in [5, 5.41) is 0. The van der Waals surface area contributed by atoms with Gasteiger partial charge >= 0.3 is 5.97 Å². The lowest BCUT2D eigenvalue weighted by atomic mass is 10.3. The quantitative estimate of drug-likeness (QED) is 0.695. The van der Waals surface area contributed by atoms with Crippen LogP contribution in [0.5, 0.6) is 5.75 Å². The summed E-state index contributed by atoms with van der Waals surface area (Å²) < 4.78 is 43.0. The van der Waals surface area contributed by atoms with Crippen molar-refractivity contribution in [3.05, 3.63) is 46.3 Å². The van der Waals surface area contributed by atoms with E-state index in [1.165, 1.54) is 25.3 Å². The topological polar surface area (TPSA) is 94.8 Å². The molecule has 1 aromatic carbocycles. The fourth-order valence-electron chi connectivity index (χ4n) is 1.89. The number of sulfonamides is 1. The molecule has 130 valence electrons. The number of carbonyl (C=O) groups is 1. The molecule has 2 rings (SSSR count). The molecule has 9 heteroatoms. The minimum Gasteiger partial charge on any atom is -0.495 e. The van der Waals surface area contributed by atoms with Gasteiger partial charge in [0, 0.05) is 4.47 Å². The molecular weight excluding hydrogens is 402 g/mol. The largest absolute Gasteiger partial charge is 0.495 e. The Morgan fingerprint density at radius 2 is 2.04 bits per heavy atom. The predicted octanol–water partition coefficient (Wildman–Crippen LogP) is 2.71. The van der Waals surface area contributed by atoms with Gasteiger partial charge in [0.2, 0.25) is 15.8 Å². The number of rotatable bonds is 7. The van der Waals surface area contributed by atoms with Crippen LogP contribution in [0.15, 0.2) is 44.1 Å². The normalized spacial score (nSPS) is 11.3. The molecule has 7 nitrogen and oxygen atoms in total. The molecule has 0 spiro atoms. The van der Waals surface area contributed by atoms with Gasteiger partial charge in [0.15, 0.2) is 0 Å². The van der Waals surface area contributed by atoms with Gasteiger partial charge in [0.1, 0.15) is 16.4 Å². The van der Waals surface area contributed by atoms with E-state index in [2.05, 4.69) is 20.7 Å². The highest BCUT2D eigenvalue weighted by atomic mass is 79.9. The van der Waals surface area contributed by atoms with Crippen LogP contribution >= 0.6 is 15.9 Å². The third-order valence-electron chi connectivity index (χ3n) is 2.99. The highest BCUT2D eigenvalue weighted by molar-refractivity contribution is 9.10. The van der Waals surface area contributed by atoms with Gasteiger partial charge in [-0.05, 0) is 37.3 Å². The van der Waals surface area contributed by atoms with Crippen LogP contribution in [0.2, 0.25) is 0 Å². The van der Waals surface area contributed by atoms with E-state index in [0.29, 0.717) is 4.47 Å². The summed E-state index contributed by atoms with van der Waals surface area (Å²) >= 11 is 3.23. The van der Waals surface area contributed by atoms with Crippen molar-refractivity contribution in [2.45, 2.75) is 18.4 Å². The first kappa shape index (κ1) is 18.5. The summed E-state index contributed by atoms with van der Waals surface area (Å²) in [7, 11) is -2.44. The molecule has 1 aromatic heterocycles. The van der Waals surface area contributed by atoms with Crippen molar-refractivity contribution in [3.8, 4) is 5.75 Å². The Bertz CT molecular complexity index is 830. The van der Waals surface area contributed by atoms with Crippen molar-refractivity contribution in [1.82, 2.24) is 4.72 Å². The molecular formula is C15H16BrNO6S. The van der Waals surface area contributed by atoms with Crippen molar-refractivity contribution < 1.29 is 27.1 Å². The van der Waals surface area contributed by atoms with E-state index >= 15 is 0 Å². The molecule has 0 aliphatic carbocycles. The van der Waals surface area contributed by atoms with E-state index in [4.69, 9.17) is 13.9 Å².